The molecule has 8 heteroatoms. The molecule has 0 saturated heterocycles. The van der Waals surface area contributed by atoms with Crippen molar-refractivity contribution in [2.75, 3.05) is 5.32 Å². The van der Waals surface area contributed by atoms with Gasteiger partial charge in [0, 0.05) is 12.5 Å². The number of hydrogen-bond acceptors (Lipinski definition) is 4. The molecule has 2 N–H and O–H groups in total. The van der Waals surface area contributed by atoms with E-state index in [9.17, 15) is 14.4 Å². The Bertz CT molecular complexity index is 1420. The molecular formula is C35H42ClN3O4. The van der Waals surface area contributed by atoms with Gasteiger partial charge in [-0.2, -0.15) is 0 Å². The summed E-state index contributed by atoms with van der Waals surface area (Å²) in [5.41, 5.74) is 4.02. The molecule has 1 aliphatic carbocycles. The molecule has 43 heavy (non-hydrogen) atoms. The number of anilines is 1. The number of carbonyl (C=O) groups excluding carboxylic acids is 3. The standard InChI is InChI=1S/C35H42ClN3O4/c1-22-13-10-14-23(2)29(22)31(32(40)38-30-24(3)15-11-20-27(30)36)39(26-18-12-19-26)33(41)28(21-25-16-8-7-9-17-25)37-34(42)43-35(4,5)6/h7-11,13-17,20,26,28,31H,12,18-19,21H2,1-6H3,(H,37,42)(H,38,40). The Morgan fingerprint density at radius 1 is 0.907 bits per heavy atom. The molecule has 0 heterocycles. The molecule has 3 aromatic rings. The highest BCUT2D eigenvalue weighted by Crippen LogP contribution is 2.37. The SMILES string of the molecule is Cc1cccc(Cl)c1NC(=O)C(c1c(C)cccc1C)N(C(=O)C(Cc1ccccc1)NC(=O)OC(C)(C)C)C1CCC1. The van der Waals surface area contributed by atoms with E-state index in [1.54, 1.807) is 31.7 Å². The first kappa shape index (κ1) is 32.1. The van der Waals surface area contributed by atoms with E-state index >= 15 is 0 Å². The second-order valence-electron chi connectivity index (χ2n) is 12.3. The van der Waals surface area contributed by atoms with E-state index in [1.165, 1.54) is 0 Å². The van der Waals surface area contributed by atoms with Gasteiger partial charge in [-0.05, 0) is 94.7 Å². The van der Waals surface area contributed by atoms with E-state index in [0.717, 1.165) is 47.1 Å². The van der Waals surface area contributed by atoms with Crippen LogP contribution in [0.5, 0.6) is 0 Å². The fourth-order valence-corrected chi connectivity index (χ4v) is 5.77. The molecule has 0 aromatic heterocycles. The lowest BCUT2D eigenvalue weighted by Crippen LogP contribution is -2.57. The number of nitrogens with one attached hydrogen (secondary N) is 2. The number of alkyl carbamates (subject to hydrolysis) is 1. The molecule has 1 saturated carbocycles. The van der Waals surface area contributed by atoms with E-state index in [1.807, 2.05) is 81.4 Å². The highest BCUT2D eigenvalue weighted by molar-refractivity contribution is 6.34. The largest absolute Gasteiger partial charge is 0.444 e. The van der Waals surface area contributed by atoms with Crippen LogP contribution in [0.15, 0.2) is 66.7 Å². The van der Waals surface area contributed by atoms with Gasteiger partial charge in [0.25, 0.3) is 5.91 Å². The lowest BCUT2D eigenvalue weighted by molar-refractivity contribution is -0.145. The number of ether oxygens (including phenoxy) is 1. The molecular weight excluding hydrogens is 562 g/mol. The maximum atomic E-state index is 14.8. The van der Waals surface area contributed by atoms with Gasteiger partial charge in [0.2, 0.25) is 5.91 Å². The summed E-state index contributed by atoms with van der Waals surface area (Å²) < 4.78 is 5.56. The molecule has 3 amide bonds. The topological polar surface area (TPSA) is 87.7 Å². The molecule has 0 aliphatic heterocycles. The van der Waals surface area contributed by atoms with E-state index in [-0.39, 0.29) is 24.3 Å². The van der Waals surface area contributed by atoms with Crippen molar-refractivity contribution in [1.29, 1.82) is 0 Å². The third kappa shape index (κ3) is 7.96. The molecule has 1 aliphatic rings. The quantitative estimate of drug-likeness (QED) is 0.266. The number of rotatable bonds is 9. The lowest BCUT2D eigenvalue weighted by Gasteiger charge is -2.44. The summed E-state index contributed by atoms with van der Waals surface area (Å²) in [6.07, 6.45) is 2.02. The van der Waals surface area contributed by atoms with Crippen LogP contribution in [0, 0.1) is 20.8 Å². The van der Waals surface area contributed by atoms with E-state index < -0.39 is 23.8 Å². The average Bonchev–Trinajstić information content (AvgIpc) is 2.89. The van der Waals surface area contributed by atoms with Crippen molar-refractivity contribution >= 4 is 35.2 Å². The zero-order valence-electron chi connectivity index (χ0n) is 25.9. The van der Waals surface area contributed by atoms with Crippen LogP contribution in [0.1, 0.15) is 73.9 Å². The van der Waals surface area contributed by atoms with Crippen molar-refractivity contribution in [3.63, 3.8) is 0 Å². The van der Waals surface area contributed by atoms with Crippen LogP contribution in [-0.4, -0.2) is 40.5 Å². The van der Waals surface area contributed by atoms with Crippen molar-refractivity contribution in [3.05, 3.63) is 99.6 Å². The maximum Gasteiger partial charge on any atom is 0.408 e. The summed E-state index contributed by atoms with van der Waals surface area (Å²) in [6.45, 7) is 11.1. The molecule has 4 rings (SSSR count). The zero-order chi connectivity index (χ0) is 31.3. The Morgan fingerprint density at radius 3 is 2.07 bits per heavy atom. The Kier molecular flexibility index (Phi) is 10.2. The van der Waals surface area contributed by atoms with Crippen molar-refractivity contribution in [1.82, 2.24) is 10.2 Å². The lowest BCUT2D eigenvalue weighted by atomic mass is 9.86. The number of para-hydroxylation sites is 1. The monoisotopic (exact) mass is 603 g/mol. The number of nitrogens with zero attached hydrogens (tertiary/aromatic N) is 1. The van der Waals surface area contributed by atoms with Crippen LogP contribution in [-0.2, 0) is 20.7 Å². The summed E-state index contributed by atoms with van der Waals surface area (Å²) in [4.78, 5) is 43.9. The second-order valence-corrected chi connectivity index (χ2v) is 12.8. The van der Waals surface area contributed by atoms with E-state index in [2.05, 4.69) is 10.6 Å². The van der Waals surface area contributed by atoms with E-state index in [4.69, 9.17) is 16.3 Å². The van der Waals surface area contributed by atoms with Crippen molar-refractivity contribution < 1.29 is 19.1 Å². The zero-order valence-corrected chi connectivity index (χ0v) is 26.6. The number of aryl methyl sites for hydroxylation is 3. The minimum Gasteiger partial charge on any atom is -0.444 e. The Balaban J connectivity index is 1.81. The number of hydrogen-bond donors (Lipinski definition) is 2. The maximum absolute atomic E-state index is 14.8. The summed E-state index contributed by atoms with van der Waals surface area (Å²) in [5.74, 6) is -0.692. The van der Waals surface area contributed by atoms with Gasteiger partial charge < -0.3 is 20.3 Å². The first-order chi connectivity index (χ1) is 20.4. The summed E-state index contributed by atoms with van der Waals surface area (Å²) in [5, 5.41) is 6.32. The molecule has 0 bridgehead atoms. The van der Waals surface area contributed by atoms with Crippen LogP contribution in [0.3, 0.4) is 0 Å². The van der Waals surface area contributed by atoms with Gasteiger partial charge in [-0.3, -0.25) is 9.59 Å². The molecule has 2 atom stereocenters. The molecule has 1 fully saturated rings. The fourth-order valence-electron chi connectivity index (χ4n) is 5.50. The minimum atomic E-state index is -0.959. The predicted octanol–water partition coefficient (Wildman–Crippen LogP) is 7.46. The van der Waals surface area contributed by atoms with Crippen LogP contribution < -0.4 is 10.6 Å². The Hall–Kier alpha value is -3.84. The van der Waals surface area contributed by atoms with Crippen molar-refractivity contribution in [3.8, 4) is 0 Å². The van der Waals surface area contributed by atoms with Gasteiger partial charge in [0.15, 0.2) is 0 Å². The van der Waals surface area contributed by atoms with Crippen LogP contribution >= 0.6 is 11.6 Å². The summed E-state index contributed by atoms with van der Waals surface area (Å²) >= 11 is 6.52. The number of carbonyl (C=O) groups is 3. The van der Waals surface area contributed by atoms with Gasteiger partial charge in [0.1, 0.15) is 17.7 Å². The van der Waals surface area contributed by atoms with Crippen LogP contribution in [0.25, 0.3) is 0 Å². The number of amides is 3. The molecule has 0 spiro atoms. The van der Waals surface area contributed by atoms with Crippen LogP contribution in [0.2, 0.25) is 5.02 Å². The molecule has 7 nitrogen and oxygen atoms in total. The van der Waals surface area contributed by atoms with Gasteiger partial charge in [-0.1, -0.05) is 72.3 Å². The highest BCUT2D eigenvalue weighted by Gasteiger charge is 2.43. The number of benzene rings is 3. The summed E-state index contributed by atoms with van der Waals surface area (Å²) in [6, 6.07) is 18.7. The van der Waals surface area contributed by atoms with Crippen molar-refractivity contribution in [2.45, 2.75) is 91.0 Å². The second kappa shape index (κ2) is 13.6. The number of halogens is 1. The Morgan fingerprint density at radius 2 is 1.51 bits per heavy atom. The van der Waals surface area contributed by atoms with E-state index in [0.29, 0.717) is 10.7 Å². The first-order valence-electron chi connectivity index (χ1n) is 14.8. The molecule has 0 radical (unpaired) electrons. The minimum absolute atomic E-state index is 0.173. The van der Waals surface area contributed by atoms with Gasteiger partial charge >= 0.3 is 6.09 Å². The smallest absolute Gasteiger partial charge is 0.408 e. The van der Waals surface area contributed by atoms with Crippen molar-refractivity contribution in [2.24, 2.45) is 0 Å². The molecule has 2 unspecified atom stereocenters. The van der Waals surface area contributed by atoms with Crippen LogP contribution in [0.4, 0.5) is 10.5 Å². The Labute approximate surface area is 260 Å². The van der Waals surface area contributed by atoms with Gasteiger partial charge in [-0.15, -0.1) is 0 Å². The van der Waals surface area contributed by atoms with Gasteiger partial charge in [-0.25, -0.2) is 4.79 Å². The average molecular weight is 604 g/mol. The predicted molar refractivity (Wildman–Crippen MR) is 171 cm³/mol. The summed E-state index contributed by atoms with van der Waals surface area (Å²) in [7, 11) is 0. The highest BCUT2D eigenvalue weighted by atomic mass is 35.5. The third-order valence-corrected chi connectivity index (χ3v) is 8.12. The van der Waals surface area contributed by atoms with Gasteiger partial charge in [0.05, 0.1) is 10.7 Å². The normalized spacial score (nSPS) is 14.7. The first-order valence-corrected chi connectivity index (χ1v) is 15.2. The fraction of sp³-hybridized carbons (Fsp3) is 0.400. The molecule has 3 aromatic carbocycles. The molecule has 228 valence electrons. The third-order valence-electron chi connectivity index (χ3n) is 7.81.